The van der Waals surface area contributed by atoms with Gasteiger partial charge in [0, 0.05) is 45.8 Å². The van der Waals surface area contributed by atoms with Gasteiger partial charge in [0.1, 0.15) is 5.75 Å². The van der Waals surface area contributed by atoms with Crippen LogP contribution in [0.2, 0.25) is 0 Å². The predicted octanol–water partition coefficient (Wildman–Crippen LogP) is 2.25. The maximum atomic E-state index is 11.5. The summed E-state index contributed by atoms with van der Waals surface area (Å²) in [6, 6.07) is 7.76. The summed E-state index contributed by atoms with van der Waals surface area (Å²) in [6.07, 6.45) is 1.13. The second-order valence-corrected chi connectivity index (χ2v) is 6.55. The maximum Gasteiger partial charge on any atom is 0.257 e. The van der Waals surface area contributed by atoms with Crippen molar-refractivity contribution in [2.75, 3.05) is 46.5 Å². The molecule has 1 amide bonds. The zero-order chi connectivity index (χ0) is 19.5. The van der Waals surface area contributed by atoms with E-state index in [1.165, 1.54) is 0 Å². The second-order valence-electron chi connectivity index (χ2n) is 6.55. The van der Waals surface area contributed by atoms with E-state index in [9.17, 15) is 4.79 Å². The molecule has 1 aromatic rings. The average Bonchev–Trinajstić information content (AvgIpc) is 3.14. The van der Waals surface area contributed by atoms with E-state index in [2.05, 4.69) is 20.5 Å². The standard InChI is InChI=1S/C20H32N4O3.HI/c1-4-22-19(25)15-27-18-8-6-7-16(11-18)12-23-20(21-3)24-10-9-17(13-24)14-26-5-2;/h6-8,11,17H,4-5,9-10,12-15H2,1-3H3,(H,21,23)(H,22,25);1H. The lowest BCUT2D eigenvalue weighted by Crippen LogP contribution is -2.39. The van der Waals surface area contributed by atoms with Crippen LogP contribution < -0.4 is 15.4 Å². The number of benzene rings is 1. The monoisotopic (exact) mass is 504 g/mol. The molecule has 0 saturated carbocycles. The first kappa shape index (κ1) is 24.5. The SMILES string of the molecule is CCNC(=O)COc1cccc(CNC(=NC)N2CCC(COCC)C2)c1.I. The Kier molecular flexibility index (Phi) is 11.9. The number of nitrogens with one attached hydrogen (secondary N) is 2. The highest BCUT2D eigenvalue weighted by Crippen LogP contribution is 2.17. The number of guanidine groups is 1. The number of likely N-dealkylation sites (tertiary alicyclic amines) is 1. The fourth-order valence-corrected chi connectivity index (χ4v) is 3.10. The van der Waals surface area contributed by atoms with Crippen molar-refractivity contribution in [3.05, 3.63) is 29.8 Å². The molecule has 2 rings (SSSR count). The second kappa shape index (κ2) is 13.6. The fourth-order valence-electron chi connectivity index (χ4n) is 3.10. The van der Waals surface area contributed by atoms with Gasteiger partial charge in [-0.3, -0.25) is 9.79 Å². The molecule has 158 valence electrons. The third kappa shape index (κ3) is 8.22. The molecule has 1 heterocycles. The van der Waals surface area contributed by atoms with Crippen LogP contribution in [0.15, 0.2) is 29.3 Å². The van der Waals surface area contributed by atoms with Crippen LogP contribution in [0.5, 0.6) is 5.75 Å². The van der Waals surface area contributed by atoms with E-state index in [-0.39, 0.29) is 36.5 Å². The minimum absolute atomic E-state index is 0. The number of carbonyl (C=O) groups is 1. The number of carbonyl (C=O) groups excluding carboxylic acids is 1. The molecule has 7 nitrogen and oxygen atoms in total. The molecule has 0 radical (unpaired) electrons. The quantitative estimate of drug-likeness (QED) is 0.307. The maximum absolute atomic E-state index is 11.5. The number of aliphatic imine (C=N–C) groups is 1. The van der Waals surface area contributed by atoms with Gasteiger partial charge in [0.2, 0.25) is 0 Å². The van der Waals surface area contributed by atoms with Crippen LogP contribution in [-0.4, -0.2) is 63.3 Å². The van der Waals surface area contributed by atoms with E-state index in [0.29, 0.717) is 24.8 Å². The highest BCUT2D eigenvalue weighted by molar-refractivity contribution is 14.0. The van der Waals surface area contributed by atoms with Crippen LogP contribution in [-0.2, 0) is 16.1 Å². The summed E-state index contributed by atoms with van der Waals surface area (Å²) in [5.74, 6) is 2.04. The van der Waals surface area contributed by atoms with E-state index in [1.807, 2.05) is 45.2 Å². The van der Waals surface area contributed by atoms with Crippen molar-refractivity contribution in [1.82, 2.24) is 15.5 Å². The Morgan fingerprint density at radius 3 is 2.86 bits per heavy atom. The number of amides is 1. The summed E-state index contributed by atoms with van der Waals surface area (Å²) < 4.78 is 11.1. The van der Waals surface area contributed by atoms with E-state index >= 15 is 0 Å². The van der Waals surface area contributed by atoms with Crippen molar-refractivity contribution >= 4 is 35.8 Å². The van der Waals surface area contributed by atoms with Crippen LogP contribution >= 0.6 is 24.0 Å². The Hall–Kier alpha value is -1.55. The number of hydrogen-bond donors (Lipinski definition) is 2. The number of halogens is 1. The number of rotatable bonds is 9. The Morgan fingerprint density at radius 1 is 1.32 bits per heavy atom. The van der Waals surface area contributed by atoms with Crippen molar-refractivity contribution in [2.24, 2.45) is 10.9 Å². The van der Waals surface area contributed by atoms with Gasteiger partial charge in [0.15, 0.2) is 12.6 Å². The molecule has 1 aliphatic rings. The third-order valence-corrected chi connectivity index (χ3v) is 4.45. The molecule has 8 heteroatoms. The molecule has 0 aliphatic carbocycles. The number of ether oxygens (including phenoxy) is 2. The summed E-state index contributed by atoms with van der Waals surface area (Å²) in [5, 5.41) is 6.14. The molecule has 28 heavy (non-hydrogen) atoms. The molecule has 0 spiro atoms. The van der Waals surface area contributed by atoms with Gasteiger partial charge in [-0.15, -0.1) is 24.0 Å². The van der Waals surface area contributed by atoms with Crippen LogP contribution in [0.3, 0.4) is 0 Å². The Labute approximate surface area is 185 Å². The fraction of sp³-hybridized carbons (Fsp3) is 0.600. The topological polar surface area (TPSA) is 75.2 Å². The van der Waals surface area contributed by atoms with Crippen molar-refractivity contribution in [2.45, 2.75) is 26.8 Å². The largest absolute Gasteiger partial charge is 0.484 e. The molecule has 2 N–H and O–H groups in total. The number of hydrogen-bond acceptors (Lipinski definition) is 4. The molecule has 1 atom stereocenters. The molecule has 1 saturated heterocycles. The first-order chi connectivity index (χ1) is 13.2. The Bertz CT molecular complexity index is 627. The highest BCUT2D eigenvalue weighted by atomic mass is 127. The number of likely N-dealkylation sites (N-methyl/N-ethyl adjacent to an activating group) is 1. The summed E-state index contributed by atoms with van der Waals surface area (Å²) in [6.45, 7) is 8.74. The lowest BCUT2D eigenvalue weighted by molar-refractivity contribution is -0.122. The molecule has 1 fully saturated rings. The highest BCUT2D eigenvalue weighted by Gasteiger charge is 2.24. The summed E-state index contributed by atoms with van der Waals surface area (Å²) >= 11 is 0. The van der Waals surface area contributed by atoms with Gasteiger partial charge < -0.3 is 25.0 Å². The summed E-state index contributed by atoms with van der Waals surface area (Å²) in [7, 11) is 1.81. The number of nitrogens with zero attached hydrogens (tertiary/aromatic N) is 2. The Morgan fingerprint density at radius 2 is 2.14 bits per heavy atom. The van der Waals surface area contributed by atoms with Crippen molar-refractivity contribution in [3.63, 3.8) is 0 Å². The predicted molar refractivity (Wildman–Crippen MR) is 122 cm³/mol. The molecular formula is C20H33IN4O3. The van der Waals surface area contributed by atoms with Crippen molar-refractivity contribution < 1.29 is 14.3 Å². The van der Waals surface area contributed by atoms with E-state index in [1.54, 1.807) is 0 Å². The van der Waals surface area contributed by atoms with Gasteiger partial charge in [-0.2, -0.15) is 0 Å². The van der Waals surface area contributed by atoms with Gasteiger partial charge in [0.25, 0.3) is 5.91 Å². The molecule has 0 aromatic heterocycles. The van der Waals surface area contributed by atoms with E-state index in [0.717, 1.165) is 44.2 Å². The van der Waals surface area contributed by atoms with Gasteiger partial charge in [0.05, 0.1) is 6.61 Å². The van der Waals surface area contributed by atoms with E-state index < -0.39 is 0 Å². The third-order valence-electron chi connectivity index (χ3n) is 4.45. The lowest BCUT2D eigenvalue weighted by atomic mass is 10.1. The van der Waals surface area contributed by atoms with E-state index in [4.69, 9.17) is 9.47 Å². The van der Waals surface area contributed by atoms with Gasteiger partial charge in [-0.25, -0.2) is 0 Å². The van der Waals surface area contributed by atoms with Gasteiger partial charge >= 0.3 is 0 Å². The molecular weight excluding hydrogens is 471 g/mol. The molecule has 1 unspecified atom stereocenters. The zero-order valence-corrected chi connectivity index (χ0v) is 19.4. The van der Waals surface area contributed by atoms with Crippen molar-refractivity contribution in [1.29, 1.82) is 0 Å². The van der Waals surface area contributed by atoms with Crippen molar-refractivity contribution in [3.8, 4) is 5.75 Å². The summed E-state index contributed by atoms with van der Waals surface area (Å²) in [5.41, 5.74) is 1.08. The van der Waals surface area contributed by atoms with Gasteiger partial charge in [-0.1, -0.05) is 12.1 Å². The Balaban J connectivity index is 0.00000392. The van der Waals surface area contributed by atoms with Gasteiger partial charge in [-0.05, 0) is 38.0 Å². The van der Waals surface area contributed by atoms with Crippen LogP contribution in [0, 0.1) is 5.92 Å². The van der Waals surface area contributed by atoms with Crippen LogP contribution in [0.4, 0.5) is 0 Å². The zero-order valence-electron chi connectivity index (χ0n) is 17.1. The minimum Gasteiger partial charge on any atom is -0.484 e. The smallest absolute Gasteiger partial charge is 0.257 e. The molecule has 1 aliphatic heterocycles. The first-order valence-electron chi connectivity index (χ1n) is 9.68. The molecule has 0 bridgehead atoms. The lowest BCUT2D eigenvalue weighted by Gasteiger charge is -2.22. The molecule has 1 aromatic carbocycles. The average molecular weight is 504 g/mol. The van der Waals surface area contributed by atoms with Crippen LogP contribution in [0.25, 0.3) is 0 Å². The summed E-state index contributed by atoms with van der Waals surface area (Å²) in [4.78, 5) is 18.2. The van der Waals surface area contributed by atoms with Crippen LogP contribution in [0.1, 0.15) is 25.8 Å². The first-order valence-corrected chi connectivity index (χ1v) is 9.68. The normalized spacial score (nSPS) is 16.5. The minimum atomic E-state index is -0.114.